The van der Waals surface area contributed by atoms with E-state index in [4.69, 9.17) is 28.5 Å². The molecule has 2 aromatic carbocycles. The van der Waals surface area contributed by atoms with Crippen LogP contribution in [-0.4, -0.2) is 10.9 Å². The summed E-state index contributed by atoms with van der Waals surface area (Å²) in [5, 5.41) is 13.0. The van der Waals surface area contributed by atoms with Gasteiger partial charge < -0.3 is 5.32 Å². The molecule has 0 radical (unpaired) electrons. The minimum Gasteiger partial charge on any atom is -0.340 e. The number of nitriles is 1. The molecular weight excluding hydrogens is 473 g/mol. The van der Waals surface area contributed by atoms with Gasteiger partial charge >= 0.3 is 0 Å². The van der Waals surface area contributed by atoms with Crippen molar-refractivity contribution in [2.75, 3.05) is 0 Å². The lowest BCUT2D eigenvalue weighted by Gasteiger charge is -2.21. The van der Waals surface area contributed by atoms with Crippen LogP contribution in [0.25, 0.3) is 0 Å². The molecule has 1 heterocycles. The quantitative estimate of drug-likeness (QED) is 0.478. The number of hydrogen-bond donors (Lipinski definition) is 1. The molecule has 0 aliphatic heterocycles. The molecule has 1 unspecified atom stereocenters. The molecule has 0 saturated heterocycles. The lowest BCUT2D eigenvalue weighted by Crippen LogP contribution is -2.30. The van der Waals surface area contributed by atoms with Gasteiger partial charge in [0.15, 0.2) is 0 Å². The van der Waals surface area contributed by atoms with E-state index in [0.717, 1.165) is 21.2 Å². The van der Waals surface area contributed by atoms with Gasteiger partial charge in [0.2, 0.25) is 0 Å². The van der Waals surface area contributed by atoms with Gasteiger partial charge in [0.05, 0.1) is 33.4 Å². The van der Waals surface area contributed by atoms with Crippen LogP contribution in [0.5, 0.6) is 0 Å². The maximum Gasteiger partial charge on any atom is 0.252 e. The summed E-state index contributed by atoms with van der Waals surface area (Å²) in [5.41, 5.74) is 4.10. The number of hydrogen-bond acceptors (Lipinski definition) is 3. The molecule has 0 aliphatic carbocycles. The van der Waals surface area contributed by atoms with Crippen LogP contribution in [0, 0.1) is 25.2 Å². The molecule has 0 saturated carbocycles. The summed E-state index contributed by atoms with van der Waals surface area (Å²) >= 11 is 15.7. The molecule has 29 heavy (non-hydrogen) atoms. The standard InChI is InChI=1S/C22H16BrCl2N3O/c1-12-7-15(3-4-16(12)10-26)22(29)28-21(14-5-6-18(24)19(25)9-14)20-13(2)8-17(23)11-27-20/h3-9,11,21H,1-2H3,(H,28,29). The van der Waals surface area contributed by atoms with Gasteiger partial charge in [0, 0.05) is 16.2 Å². The normalized spacial score (nSPS) is 11.6. The van der Waals surface area contributed by atoms with E-state index in [1.807, 2.05) is 19.1 Å². The van der Waals surface area contributed by atoms with Crippen molar-refractivity contribution >= 4 is 45.0 Å². The molecule has 1 atom stereocenters. The fraction of sp³-hybridized carbons (Fsp3) is 0.136. The number of pyridine rings is 1. The fourth-order valence-corrected chi connectivity index (χ4v) is 3.75. The SMILES string of the molecule is Cc1cc(C(=O)NC(c2ccc(Cl)c(Cl)c2)c2ncc(Br)cc2C)ccc1C#N. The number of amides is 1. The molecule has 1 aromatic heterocycles. The number of halogens is 3. The predicted octanol–water partition coefficient (Wildman–Crippen LogP) is 6.16. The van der Waals surface area contributed by atoms with Crippen LogP contribution in [0.1, 0.15) is 44.3 Å². The third-order valence-corrected chi connectivity index (χ3v) is 5.69. The van der Waals surface area contributed by atoms with Crippen LogP contribution in [0.3, 0.4) is 0 Å². The zero-order valence-corrected chi connectivity index (χ0v) is 18.7. The minimum absolute atomic E-state index is 0.280. The van der Waals surface area contributed by atoms with Crippen molar-refractivity contribution in [2.24, 2.45) is 0 Å². The lowest BCUT2D eigenvalue weighted by molar-refractivity contribution is 0.0942. The van der Waals surface area contributed by atoms with E-state index in [1.165, 1.54) is 0 Å². The zero-order valence-electron chi connectivity index (χ0n) is 15.6. The summed E-state index contributed by atoms with van der Waals surface area (Å²) in [4.78, 5) is 17.5. The van der Waals surface area contributed by atoms with E-state index >= 15 is 0 Å². The number of aromatic nitrogens is 1. The van der Waals surface area contributed by atoms with Crippen molar-refractivity contribution in [1.29, 1.82) is 5.26 Å². The van der Waals surface area contributed by atoms with Crippen LogP contribution in [-0.2, 0) is 0 Å². The average Bonchev–Trinajstić information content (AvgIpc) is 2.68. The first-order valence-corrected chi connectivity index (χ1v) is 10.2. The Morgan fingerprint density at radius 3 is 2.48 bits per heavy atom. The molecule has 1 amide bonds. The smallest absolute Gasteiger partial charge is 0.252 e. The molecule has 0 aliphatic rings. The summed E-state index contributed by atoms with van der Waals surface area (Å²) in [7, 11) is 0. The Labute approximate surface area is 187 Å². The van der Waals surface area contributed by atoms with E-state index in [-0.39, 0.29) is 5.91 Å². The second-order valence-electron chi connectivity index (χ2n) is 6.58. The number of nitrogens with zero attached hydrogens (tertiary/aromatic N) is 2. The van der Waals surface area contributed by atoms with Gasteiger partial charge in [-0.2, -0.15) is 5.26 Å². The Bertz CT molecular complexity index is 1140. The first-order valence-electron chi connectivity index (χ1n) is 8.68. The van der Waals surface area contributed by atoms with Crippen molar-refractivity contribution in [1.82, 2.24) is 10.3 Å². The van der Waals surface area contributed by atoms with Gasteiger partial charge in [0.25, 0.3) is 5.91 Å². The monoisotopic (exact) mass is 487 g/mol. The summed E-state index contributed by atoms with van der Waals surface area (Å²) in [6.45, 7) is 3.72. The van der Waals surface area contributed by atoms with Crippen LogP contribution >= 0.6 is 39.1 Å². The van der Waals surface area contributed by atoms with Crippen LogP contribution < -0.4 is 5.32 Å². The minimum atomic E-state index is -0.527. The van der Waals surface area contributed by atoms with Crippen molar-refractivity contribution in [3.05, 3.63) is 96.7 Å². The second kappa shape index (κ2) is 8.96. The Balaban J connectivity index is 2.03. The van der Waals surface area contributed by atoms with Crippen molar-refractivity contribution in [2.45, 2.75) is 19.9 Å². The Morgan fingerprint density at radius 1 is 1.10 bits per heavy atom. The van der Waals surface area contributed by atoms with Gasteiger partial charge in [0.1, 0.15) is 0 Å². The molecule has 146 valence electrons. The molecule has 3 aromatic rings. The highest BCUT2D eigenvalue weighted by Gasteiger charge is 2.22. The predicted molar refractivity (Wildman–Crippen MR) is 118 cm³/mol. The van der Waals surface area contributed by atoms with E-state index in [9.17, 15) is 4.79 Å². The highest BCUT2D eigenvalue weighted by Crippen LogP contribution is 2.30. The molecule has 0 spiro atoms. The largest absolute Gasteiger partial charge is 0.340 e. The van der Waals surface area contributed by atoms with Crippen molar-refractivity contribution < 1.29 is 4.79 Å². The number of nitrogens with one attached hydrogen (secondary N) is 1. The maximum atomic E-state index is 13.0. The van der Waals surface area contributed by atoms with Gasteiger partial charge in [-0.05, 0) is 82.9 Å². The fourth-order valence-electron chi connectivity index (χ4n) is 3.00. The molecular formula is C22H16BrCl2N3O. The van der Waals surface area contributed by atoms with Gasteiger partial charge in [-0.15, -0.1) is 0 Å². The second-order valence-corrected chi connectivity index (χ2v) is 8.31. The van der Waals surface area contributed by atoms with E-state index in [2.05, 4.69) is 32.3 Å². The van der Waals surface area contributed by atoms with Gasteiger partial charge in [-0.1, -0.05) is 29.3 Å². The topological polar surface area (TPSA) is 65.8 Å². The Morgan fingerprint density at radius 2 is 1.86 bits per heavy atom. The maximum absolute atomic E-state index is 13.0. The number of rotatable bonds is 4. The highest BCUT2D eigenvalue weighted by atomic mass is 79.9. The zero-order chi connectivity index (χ0) is 21.1. The van der Waals surface area contributed by atoms with E-state index < -0.39 is 6.04 Å². The van der Waals surface area contributed by atoms with Crippen LogP contribution in [0.4, 0.5) is 0 Å². The third-order valence-electron chi connectivity index (χ3n) is 4.52. The molecule has 1 N–H and O–H groups in total. The Kier molecular flexibility index (Phi) is 6.59. The summed E-state index contributed by atoms with van der Waals surface area (Å²) < 4.78 is 0.848. The van der Waals surface area contributed by atoms with Crippen molar-refractivity contribution in [3.63, 3.8) is 0 Å². The van der Waals surface area contributed by atoms with Crippen molar-refractivity contribution in [3.8, 4) is 6.07 Å². The number of benzene rings is 2. The Hall–Kier alpha value is -2.39. The van der Waals surface area contributed by atoms with Crippen LogP contribution in [0.15, 0.2) is 53.1 Å². The third kappa shape index (κ3) is 4.79. The summed E-state index contributed by atoms with van der Waals surface area (Å²) in [5.74, 6) is -0.280. The molecule has 3 rings (SSSR count). The molecule has 4 nitrogen and oxygen atoms in total. The van der Waals surface area contributed by atoms with E-state index in [0.29, 0.717) is 26.9 Å². The average molecular weight is 489 g/mol. The summed E-state index contributed by atoms with van der Waals surface area (Å²) in [6, 6.07) is 13.7. The molecule has 7 heteroatoms. The van der Waals surface area contributed by atoms with Gasteiger partial charge in [-0.3, -0.25) is 9.78 Å². The number of carbonyl (C=O) groups is 1. The lowest BCUT2D eigenvalue weighted by atomic mass is 9.99. The first kappa shape index (κ1) is 21.3. The van der Waals surface area contributed by atoms with Crippen LogP contribution in [0.2, 0.25) is 10.0 Å². The van der Waals surface area contributed by atoms with E-state index in [1.54, 1.807) is 43.5 Å². The van der Waals surface area contributed by atoms with Gasteiger partial charge in [-0.25, -0.2) is 0 Å². The number of carbonyl (C=O) groups excluding carboxylic acids is 1. The molecule has 0 fully saturated rings. The highest BCUT2D eigenvalue weighted by molar-refractivity contribution is 9.10. The number of aryl methyl sites for hydroxylation is 2. The molecule has 0 bridgehead atoms. The summed E-state index contributed by atoms with van der Waals surface area (Å²) in [6.07, 6.45) is 1.69. The first-order chi connectivity index (χ1) is 13.8.